The molecule has 120 valence electrons. The summed E-state index contributed by atoms with van der Waals surface area (Å²) in [6, 6.07) is 10.3. The highest BCUT2D eigenvalue weighted by Crippen LogP contribution is 2.33. The van der Waals surface area contributed by atoms with E-state index in [1.807, 2.05) is 30.6 Å². The van der Waals surface area contributed by atoms with Crippen LogP contribution in [0, 0.1) is 11.8 Å². The van der Waals surface area contributed by atoms with Gasteiger partial charge in [-0.25, -0.2) is 9.97 Å². The summed E-state index contributed by atoms with van der Waals surface area (Å²) >= 11 is 0. The van der Waals surface area contributed by atoms with Crippen LogP contribution in [0.5, 0.6) is 5.75 Å². The summed E-state index contributed by atoms with van der Waals surface area (Å²) in [6.07, 6.45) is 3.65. The normalized spacial score (nSPS) is 24.0. The predicted octanol–water partition coefficient (Wildman–Crippen LogP) is 2.05. The predicted molar refractivity (Wildman–Crippen MR) is 89.5 cm³/mol. The first-order valence-electron chi connectivity index (χ1n) is 8.19. The molecule has 23 heavy (non-hydrogen) atoms. The third kappa shape index (κ3) is 3.01. The van der Waals surface area contributed by atoms with Gasteiger partial charge in [-0.1, -0.05) is 12.1 Å². The molecule has 0 amide bonds. The van der Waals surface area contributed by atoms with Crippen LogP contribution in [-0.4, -0.2) is 48.2 Å². The van der Waals surface area contributed by atoms with Crippen molar-refractivity contribution in [3.63, 3.8) is 0 Å². The smallest absolute Gasteiger partial charge is 0.225 e. The summed E-state index contributed by atoms with van der Waals surface area (Å²) in [7, 11) is 1.71. The highest BCUT2D eigenvalue weighted by molar-refractivity contribution is 5.32. The van der Waals surface area contributed by atoms with E-state index >= 15 is 0 Å². The minimum absolute atomic E-state index is 0.733. The van der Waals surface area contributed by atoms with Gasteiger partial charge in [-0.15, -0.1) is 0 Å². The number of fused-ring (bicyclic) bond motifs is 1. The topological polar surface area (TPSA) is 41.5 Å². The zero-order chi connectivity index (χ0) is 15.6. The molecule has 0 N–H and O–H groups in total. The van der Waals surface area contributed by atoms with Gasteiger partial charge in [-0.05, 0) is 35.6 Å². The number of likely N-dealkylation sites (tertiary alicyclic amines) is 1. The van der Waals surface area contributed by atoms with E-state index in [9.17, 15) is 0 Å². The second-order valence-corrected chi connectivity index (χ2v) is 6.52. The molecule has 1 aromatic carbocycles. The summed E-state index contributed by atoms with van der Waals surface area (Å²) < 4.78 is 5.22. The Balaban J connectivity index is 1.35. The molecular weight excluding hydrogens is 288 g/mol. The van der Waals surface area contributed by atoms with Gasteiger partial charge in [0.25, 0.3) is 0 Å². The van der Waals surface area contributed by atoms with Crippen LogP contribution in [0.1, 0.15) is 5.56 Å². The molecule has 0 radical (unpaired) electrons. The van der Waals surface area contributed by atoms with Crippen molar-refractivity contribution >= 4 is 5.95 Å². The Bertz CT molecular complexity index is 632. The number of methoxy groups -OCH3 is 1. The second kappa shape index (κ2) is 6.16. The highest BCUT2D eigenvalue weighted by atomic mass is 16.5. The van der Waals surface area contributed by atoms with Gasteiger partial charge in [0.1, 0.15) is 5.75 Å². The molecule has 0 unspecified atom stereocenters. The number of hydrogen-bond acceptors (Lipinski definition) is 5. The Kier molecular flexibility index (Phi) is 3.87. The number of rotatable bonds is 4. The molecule has 2 aliphatic heterocycles. The van der Waals surface area contributed by atoms with Crippen molar-refractivity contribution in [3.05, 3.63) is 48.3 Å². The van der Waals surface area contributed by atoms with E-state index < -0.39 is 0 Å². The van der Waals surface area contributed by atoms with Gasteiger partial charge in [0, 0.05) is 45.1 Å². The summed E-state index contributed by atoms with van der Waals surface area (Å²) in [5, 5.41) is 0. The van der Waals surface area contributed by atoms with E-state index in [0.717, 1.165) is 43.2 Å². The fraction of sp³-hybridized carbons (Fsp3) is 0.444. The average molecular weight is 310 g/mol. The Morgan fingerprint density at radius 1 is 1.00 bits per heavy atom. The summed E-state index contributed by atoms with van der Waals surface area (Å²) in [5.74, 6) is 3.27. The number of aromatic nitrogens is 2. The Labute approximate surface area is 136 Å². The van der Waals surface area contributed by atoms with Crippen LogP contribution in [-0.2, 0) is 6.54 Å². The number of hydrogen-bond donors (Lipinski definition) is 0. The Morgan fingerprint density at radius 3 is 2.26 bits per heavy atom. The van der Waals surface area contributed by atoms with E-state index in [2.05, 4.69) is 31.9 Å². The molecule has 3 heterocycles. The fourth-order valence-electron chi connectivity index (χ4n) is 3.83. The van der Waals surface area contributed by atoms with Gasteiger partial charge >= 0.3 is 0 Å². The van der Waals surface area contributed by atoms with E-state index in [1.54, 1.807) is 7.11 Å². The van der Waals surface area contributed by atoms with Crippen LogP contribution in [0.4, 0.5) is 5.95 Å². The molecule has 0 spiro atoms. The quantitative estimate of drug-likeness (QED) is 0.864. The van der Waals surface area contributed by atoms with Crippen LogP contribution >= 0.6 is 0 Å². The van der Waals surface area contributed by atoms with Crippen molar-refractivity contribution in [2.24, 2.45) is 11.8 Å². The molecule has 0 bridgehead atoms. The van der Waals surface area contributed by atoms with E-state index in [0.29, 0.717) is 0 Å². The fourth-order valence-corrected chi connectivity index (χ4v) is 3.83. The van der Waals surface area contributed by atoms with Crippen LogP contribution in [0.2, 0.25) is 0 Å². The van der Waals surface area contributed by atoms with Crippen LogP contribution in [0.3, 0.4) is 0 Å². The summed E-state index contributed by atoms with van der Waals surface area (Å²) in [5.41, 5.74) is 1.36. The molecule has 2 aromatic rings. The molecule has 0 saturated carbocycles. The SMILES string of the molecule is COc1ccc(CN2C[C@@H]3CN(c4ncccn4)C[C@@H]3C2)cc1. The summed E-state index contributed by atoms with van der Waals surface area (Å²) in [4.78, 5) is 13.7. The van der Waals surface area contributed by atoms with E-state index in [-0.39, 0.29) is 0 Å². The molecule has 2 fully saturated rings. The minimum atomic E-state index is 0.733. The lowest BCUT2D eigenvalue weighted by Crippen LogP contribution is -2.29. The van der Waals surface area contributed by atoms with Gasteiger partial charge in [0.2, 0.25) is 5.95 Å². The third-order valence-electron chi connectivity index (χ3n) is 4.96. The van der Waals surface area contributed by atoms with Crippen molar-refractivity contribution in [2.45, 2.75) is 6.54 Å². The molecule has 1 aromatic heterocycles. The molecule has 5 heteroatoms. The van der Waals surface area contributed by atoms with Gasteiger partial charge < -0.3 is 9.64 Å². The van der Waals surface area contributed by atoms with Crippen LogP contribution < -0.4 is 9.64 Å². The zero-order valence-corrected chi connectivity index (χ0v) is 13.4. The monoisotopic (exact) mass is 310 g/mol. The maximum Gasteiger partial charge on any atom is 0.225 e. The Morgan fingerprint density at radius 2 is 1.65 bits per heavy atom. The maximum absolute atomic E-state index is 5.22. The number of benzene rings is 1. The molecule has 2 aliphatic rings. The largest absolute Gasteiger partial charge is 0.497 e. The molecule has 5 nitrogen and oxygen atoms in total. The zero-order valence-electron chi connectivity index (χ0n) is 13.4. The lowest BCUT2D eigenvalue weighted by molar-refractivity contribution is 0.308. The third-order valence-corrected chi connectivity index (χ3v) is 4.96. The van der Waals surface area contributed by atoms with Crippen LogP contribution in [0.15, 0.2) is 42.7 Å². The van der Waals surface area contributed by atoms with E-state index in [4.69, 9.17) is 4.74 Å². The lowest BCUT2D eigenvalue weighted by atomic mass is 10.0. The molecule has 4 rings (SSSR count). The van der Waals surface area contributed by atoms with Crippen molar-refractivity contribution in [1.29, 1.82) is 0 Å². The van der Waals surface area contributed by atoms with Crippen LogP contribution in [0.25, 0.3) is 0 Å². The Hall–Kier alpha value is -2.14. The standard InChI is InChI=1S/C18H22N4O/c1-23-17-5-3-14(4-6-17)9-21-10-15-12-22(13-16(15)11-21)18-19-7-2-8-20-18/h2-8,15-16H,9-13H2,1H3/t15-,16+. The number of nitrogens with zero attached hydrogens (tertiary/aromatic N) is 4. The maximum atomic E-state index is 5.22. The number of ether oxygens (including phenoxy) is 1. The second-order valence-electron chi connectivity index (χ2n) is 6.52. The first kappa shape index (κ1) is 14.5. The molecular formula is C18H22N4O. The van der Waals surface area contributed by atoms with Crippen molar-refractivity contribution in [2.75, 3.05) is 38.2 Å². The molecule has 2 saturated heterocycles. The van der Waals surface area contributed by atoms with E-state index in [1.165, 1.54) is 18.7 Å². The molecule has 2 atom stereocenters. The number of anilines is 1. The van der Waals surface area contributed by atoms with Gasteiger partial charge in [-0.2, -0.15) is 0 Å². The lowest BCUT2D eigenvalue weighted by Gasteiger charge is -2.21. The van der Waals surface area contributed by atoms with Crippen molar-refractivity contribution < 1.29 is 4.74 Å². The van der Waals surface area contributed by atoms with Gasteiger partial charge in [0.15, 0.2) is 0 Å². The minimum Gasteiger partial charge on any atom is -0.497 e. The first-order chi connectivity index (χ1) is 11.3. The summed E-state index contributed by atoms with van der Waals surface area (Å²) in [6.45, 7) is 5.51. The molecule has 0 aliphatic carbocycles. The van der Waals surface area contributed by atoms with Gasteiger partial charge in [0.05, 0.1) is 7.11 Å². The first-order valence-corrected chi connectivity index (χ1v) is 8.19. The van der Waals surface area contributed by atoms with Gasteiger partial charge in [-0.3, -0.25) is 4.90 Å². The average Bonchev–Trinajstić information content (AvgIpc) is 3.15. The van der Waals surface area contributed by atoms with Crippen molar-refractivity contribution in [1.82, 2.24) is 14.9 Å². The highest BCUT2D eigenvalue weighted by Gasteiger charge is 2.40. The van der Waals surface area contributed by atoms with Crippen molar-refractivity contribution in [3.8, 4) is 5.75 Å².